The van der Waals surface area contributed by atoms with Crippen LogP contribution in [0.4, 0.5) is 4.79 Å². The SMILES string of the molecule is COC(=O)C[C@H](NC(=O)OCc1ccccc1)C(=O)N[C@H](CC(=O)OC)C(=O)N[C@H](CC(=O)OC)C(=O)N[C@H](CC(=O)OC)C(=O)N[C@H](CC(=O)OC)C(=O)N[C@H](CC(=O)OC)C(=O)NN. The highest BCUT2D eigenvalue weighted by Gasteiger charge is 2.37. The molecule has 0 heterocycles. The Morgan fingerprint density at radius 1 is 0.394 bits per heavy atom. The first-order valence-electron chi connectivity index (χ1n) is 19.2. The Morgan fingerprint density at radius 3 is 0.879 bits per heavy atom. The second kappa shape index (κ2) is 29.5. The number of amides is 7. The molecule has 0 saturated heterocycles. The summed E-state index contributed by atoms with van der Waals surface area (Å²) in [7, 11) is 5.64. The quantitative estimate of drug-likeness (QED) is 0.0142. The van der Waals surface area contributed by atoms with Gasteiger partial charge in [-0.15, -0.1) is 0 Å². The summed E-state index contributed by atoms with van der Waals surface area (Å²) in [5.41, 5.74) is 2.28. The van der Waals surface area contributed by atoms with E-state index in [1.165, 1.54) is 0 Å². The minimum Gasteiger partial charge on any atom is -0.469 e. The number of nitrogens with one attached hydrogen (secondary N) is 7. The summed E-state index contributed by atoms with van der Waals surface area (Å²) in [6.45, 7) is -0.254. The largest absolute Gasteiger partial charge is 0.469 e. The van der Waals surface area contributed by atoms with E-state index >= 15 is 0 Å². The first kappa shape index (κ1) is 56.1. The molecule has 28 heteroatoms. The maximum absolute atomic E-state index is 13.8. The second-order valence-electron chi connectivity index (χ2n) is 13.3. The topological polar surface area (TPSA) is 397 Å². The van der Waals surface area contributed by atoms with Crippen molar-refractivity contribution < 1.29 is 95.5 Å². The molecule has 6 atom stereocenters. The van der Waals surface area contributed by atoms with Gasteiger partial charge in [0, 0.05) is 0 Å². The van der Waals surface area contributed by atoms with Crippen LogP contribution in [-0.4, -0.2) is 156 Å². The van der Waals surface area contributed by atoms with E-state index in [2.05, 4.69) is 60.3 Å². The normalized spacial score (nSPS) is 13.0. The van der Waals surface area contributed by atoms with Gasteiger partial charge in [0.1, 0.15) is 42.9 Å². The lowest BCUT2D eigenvalue weighted by atomic mass is 10.1. The summed E-state index contributed by atoms with van der Waals surface area (Å²) in [5.74, 6) is -9.12. The van der Waals surface area contributed by atoms with Crippen molar-refractivity contribution in [1.82, 2.24) is 37.3 Å². The van der Waals surface area contributed by atoms with Gasteiger partial charge < -0.3 is 65.1 Å². The number of benzene rings is 1. The number of methoxy groups -OCH3 is 6. The second-order valence-corrected chi connectivity index (χ2v) is 13.3. The summed E-state index contributed by atoms with van der Waals surface area (Å²) in [6.07, 6.45) is -6.64. The van der Waals surface area contributed by atoms with Gasteiger partial charge in [0.15, 0.2) is 0 Å². The minimum atomic E-state index is -2.05. The van der Waals surface area contributed by atoms with E-state index < -0.39 is 152 Å². The molecule has 66 heavy (non-hydrogen) atoms. The van der Waals surface area contributed by atoms with Gasteiger partial charge in [0.2, 0.25) is 29.5 Å². The molecular weight excluding hydrogens is 888 g/mol. The van der Waals surface area contributed by atoms with Crippen molar-refractivity contribution >= 4 is 77.4 Å². The van der Waals surface area contributed by atoms with Crippen molar-refractivity contribution in [1.29, 1.82) is 0 Å². The average Bonchev–Trinajstić information content (AvgIpc) is 3.31. The summed E-state index contributed by atoms with van der Waals surface area (Å²) < 4.78 is 32.6. The van der Waals surface area contributed by atoms with E-state index in [1.54, 1.807) is 35.8 Å². The van der Waals surface area contributed by atoms with Crippen molar-refractivity contribution in [2.45, 2.75) is 81.4 Å². The summed E-state index contributed by atoms with van der Waals surface area (Å²) in [4.78, 5) is 167. The van der Waals surface area contributed by atoms with Gasteiger partial charge >= 0.3 is 41.9 Å². The van der Waals surface area contributed by atoms with Gasteiger partial charge in [-0.25, -0.2) is 10.6 Å². The van der Waals surface area contributed by atoms with Crippen molar-refractivity contribution in [3.63, 3.8) is 0 Å². The summed E-state index contributed by atoms with van der Waals surface area (Å²) >= 11 is 0. The molecule has 0 spiro atoms. The fourth-order valence-corrected chi connectivity index (χ4v) is 5.12. The number of carbonyl (C=O) groups excluding carboxylic acids is 13. The van der Waals surface area contributed by atoms with Gasteiger partial charge in [-0.3, -0.25) is 63.0 Å². The third kappa shape index (κ3) is 20.5. The van der Waals surface area contributed by atoms with Crippen LogP contribution in [0.25, 0.3) is 0 Å². The minimum absolute atomic E-state index is 0.254. The summed E-state index contributed by atoms with van der Waals surface area (Å²) in [5, 5.41) is 12.7. The van der Waals surface area contributed by atoms with E-state index in [-0.39, 0.29) is 6.61 Å². The van der Waals surface area contributed by atoms with Crippen LogP contribution in [0.1, 0.15) is 44.1 Å². The number of nitrogens with two attached hydrogens (primary N) is 1. The van der Waals surface area contributed by atoms with E-state index in [9.17, 15) is 62.3 Å². The molecule has 0 unspecified atom stereocenters. The maximum Gasteiger partial charge on any atom is 0.408 e. The third-order valence-corrected chi connectivity index (χ3v) is 8.72. The van der Waals surface area contributed by atoms with Crippen LogP contribution >= 0.6 is 0 Å². The zero-order valence-electron chi connectivity index (χ0n) is 36.5. The molecule has 0 radical (unpaired) electrons. The molecule has 7 amide bonds. The van der Waals surface area contributed by atoms with Gasteiger partial charge in [0.25, 0.3) is 5.91 Å². The van der Waals surface area contributed by atoms with Crippen molar-refractivity contribution in [3.8, 4) is 0 Å². The smallest absolute Gasteiger partial charge is 0.408 e. The molecule has 0 aromatic heterocycles. The molecular formula is C38H52N8O20. The lowest BCUT2D eigenvalue weighted by Crippen LogP contribution is -2.60. The molecule has 0 bridgehead atoms. The highest BCUT2D eigenvalue weighted by molar-refractivity contribution is 6.00. The first-order valence-corrected chi connectivity index (χ1v) is 19.2. The van der Waals surface area contributed by atoms with Crippen LogP contribution in [0.15, 0.2) is 30.3 Å². The molecule has 0 aliphatic carbocycles. The highest BCUT2D eigenvalue weighted by Crippen LogP contribution is 2.08. The Morgan fingerprint density at radius 2 is 0.636 bits per heavy atom. The molecule has 0 aliphatic rings. The van der Waals surface area contributed by atoms with Crippen LogP contribution in [0.2, 0.25) is 0 Å². The van der Waals surface area contributed by atoms with Crippen molar-refractivity contribution in [2.24, 2.45) is 5.84 Å². The van der Waals surface area contributed by atoms with Crippen LogP contribution in [0.5, 0.6) is 0 Å². The molecule has 1 aromatic rings. The number of alkyl carbamates (subject to hydrolysis) is 1. The Bertz CT molecular complexity index is 1930. The van der Waals surface area contributed by atoms with E-state index in [1.807, 2.05) is 0 Å². The number of esters is 6. The molecule has 28 nitrogen and oxygen atoms in total. The fourth-order valence-electron chi connectivity index (χ4n) is 5.12. The number of hydrazine groups is 1. The third-order valence-electron chi connectivity index (χ3n) is 8.72. The van der Waals surface area contributed by atoms with Crippen molar-refractivity contribution in [2.75, 3.05) is 42.7 Å². The summed E-state index contributed by atoms with van der Waals surface area (Å²) in [6, 6.07) is -3.17. The number of rotatable bonds is 26. The molecule has 9 N–H and O–H groups in total. The van der Waals surface area contributed by atoms with Crippen LogP contribution < -0.4 is 43.2 Å². The standard InChI is InChI=1S/C38H52N8O20/c1-60-26(47)12-20(41-34(55)22(14-28(49)62-3)43-36(57)24(16-30(51)64-5)45-38(59)66-18-19-10-8-7-9-11-19)32(53)40-21(13-27(48)61-2)33(54)42-23(15-29(50)63-4)35(56)44-25(37(58)46-39)17-31(52)65-6/h7-11,20-25H,12-18,39H2,1-6H3,(H,40,53)(H,41,55)(H,42,54)(H,43,57)(H,44,56)(H,45,59)(H,46,58)/t20-,21-,22-,23-,24+,25-/m1/s1. The predicted molar refractivity (Wildman–Crippen MR) is 215 cm³/mol. The van der Waals surface area contributed by atoms with E-state index in [4.69, 9.17) is 10.6 Å². The lowest BCUT2D eigenvalue weighted by molar-refractivity contribution is -0.147. The van der Waals surface area contributed by atoms with Crippen molar-refractivity contribution in [3.05, 3.63) is 35.9 Å². The van der Waals surface area contributed by atoms with Crippen LogP contribution in [0.3, 0.4) is 0 Å². The number of hydrogen-bond acceptors (Lipinski definition) is 21. The molecule has 0 fully saturated rings. The fraction of sp³-hybridized carbons (Fsp3) is 0.500. The van der Waals surface area contributed by atoms with Crippen LogP contribution in [0, 0.1) is 0 Å². The zero-order valence-corrected chi connectivity index (χ0v) is 36.5. The molecule has 1 rings (SSSR count). The maximum atomic E-state index is 13.8. The van der Waals surface area contributed by atoms with E-state index in [0.717, 1.165) is 42.7 Å². The Hall–Kier alpha value is -7.91. The molecule has 0 saturated carbocycles. The number of ether oxygens (including phenoxy) is 7. The Balaban J connectivity index is 3.51. The predicted octanol–water partition coefficient (Wildman–Crippen LogP) is -4.93. The van der Waals surface area contributed by atoms with E-state index in [0.29, 0.717) is 5.56 Å². The van der Waals surface area contributed by atoms with Gasteiger partial charge in [-0.05, 0) is 5.56 Å². The highest BCUT2D eigenvalue weighted by atomic mass is 16.6. The Labute approximate surface area is 375 Å². The first-order chi connectivity index (χ1) is 31.2. The Kier molecular flexibility index (Phi) is 25.0. The monoisotopic (exact) mass is 940 g/mol. The average molecular weight is 941 g/mol. The van der Waals surface area contributed by atoms with Gasteiger partial charge in [-0.2, -0.15) is 0 Å². The number of hydrogen-bond donors (Lipinski definition) is 8. The molecule has 0 aliphatic heterocycles. The van der Waals surface area contributed by atoms with Crippen LogP contribution in [-0.2, 0) is 97.3 Å². The lowest BCUT2D eigenvalue weighted by Gasteiger charge is -2.26. The zero-order chi connectivity index (χ0) is 49.9. The van der Waals surface area contributed by atoms with Gasteiger partial charge in [0.05, 0.1) is 81.2 Å². The molecule has 364 valence electrons. The van der Waals surface area contributed by atoms with Gasteiger partial charge in [-0.1, -0.05) is 30.3 Å². The molecule has 1 aromatic carbocycles. The number of carbonyl (C=O) groups is 13.